The van der Waals surface area contributed by atoms with E-state index in [0.717, 1.165) is 10.9 Å². The van der Waals surface area contributed by atoms with Crippen molar-refractivity contribution in [3.05, 3.63) is 134 Å². The van der Waals surface area contributed by atoms with Crippen molar-refractivity contribution in [2.75, 3.05) is 0 Å². The molecule has 2 heterocycles. The standard InChI is InChI=1S/C30H19ClN4O5/c31-22-11-14-26(39-18-19-9-12-23(13-10-19)35(37)38)21(15-22)17-32-34-29(28-16-20-5-1-4-8-27(20)40-28)33-25-7-3-2-6-24(25)30(34)36/h1-17H,18H2. The van der Waals surface area contributed by atoms with Crippen molar-refractivity contribution in [2.24, 2.45) is 5.10 Å². The Morgan fingerprint density at radius 1 is 1.00 bits per heavy atom. The van der Waals surface area contributed by atoms with Crippen LogP contribution in [0.25, 0.3) is 33.5 Å². The molecule has 4 aromatic carbocycles. The van der Waals surface area contributed by atoms with Crippen molar-refractivity contribution in [3.8, 4) is 17.3 Å². The fraction of sp³-hybridized carbons (Fsp3) is 0.0333. The largest absolute Gasteiger partial charge is 0.488 e. The third-order valence-corrected chi connectivity index (χ3v) is 6.46. The molecule has 40 heavy (non-hydrogen) atoms. The van der Waals surface area contributed by atoms with Gasteiger partial charge in [0.1, 0.15) is 17.9 Å². The molecule has 0 aliphatic rings. The van der Waals surface area contributed by atoms with Crippen LogP contribution < -0.4 is 10.3 Å². The smallest absolute Gasteiger partial charge is 0.282 e. The lowest BCUT2D eigenvalue weighted by molar-refractivity contribution is -0.384. The molecule has 6 rings (SSSR count). The van der Waals surface area contributed by atoms with Crippen molar-refractivity contribution >= 4 is 45.4 Å². The van der Waals surface area contributed by atoms with Crippen LogP contribution in [0.2, 0.25) is 5.02 Å². The molecule has 10 heteroatoms. The molecule has 0 atom stereocenters. The average molecular weight is 551 g/mol. The van der Waals surface area contributed by atoms with E-state index in [1.54, 1.807) is 48.5 Å². The zero-order valence-electron chi connectivity index (χ0n) is 20.7. The summed E-state index contributed by atoms with van der Waals surface area (Å²) in [6, 6.07) is 27.5. The maximum atomic E-state index is 13.6. The predicted octanol–water partition coefficient (Wildman–Crippen LogP) is 6.83. The maximum absolute atomic E-state index is 13.6. The molecule has 0 bridgehead atoms. The molecule has 2 aromatic heterocycles. The number of hydrogen-bond donors (Lipinski definition) is 0. The number of halogens is 1. The summed E-state index contributed by atoms with van der Waals surface area (Å²) in [4.78, 5) is 28.7. The highest BCUT2D eigenvalue weighted by atomic mass is 35.5. The first kappa shape index (κ1) is 25.0. The van der Waals surface area contributed by atoms with Gasteiger partial charge in [-0.15, -0.1) is 0 Å². The van der Waals surface area contributed by atoms with Gasteiger partial charge in [-0.2, -0.15) is 9.78 Å². The molecular formula is C30H19ClN4O5. The summed E-state index contributed by atoms with van der Waals surface area (Å²) in [5.41, 5.74) is 2.07. The Kier molecular flexibility index (Phi) is 6.55. The minimum Gasteiger partial charge on any atom is -0.488 e. The van der Waals surface area contributed by atoms with Gasteiger partial charge >= 0.3 is 0 Å². The van der Waals surface area contributed by atoms with Gasteiger partial charge in [0, 0.05) is 28.1 Å². The number of fused-ring (bicyclic) bond motifs is 2. The summed E-state index contributed by atoms with van der Waals surface area (Å²) in [7, 11) is 0. The first-order valence-corrected chi connectivity index (χ1v) is 12.5. The summed E-state index contributed by atoms with van der Waals surface area (Å²) >= 11 is 6.27. The van der Waals surface area contributed by atoms with Crippen LogP contribution in [0.3, 0.4) is 0 Å². The highest BCUT2D eigenvalue weighted by Gasteiger charge is 2.16. The first-order chi connectivity index (χ1) is 19.5. The van der Waals surface area contributed by atoms with Crippen LogP contribution in [0.15, 0.2) is 111 Å². The SMILES string of the molecule is O=c1c2ccccc2nc(-c2cc3ccccc3o2)n1N=Cc1cc(Cl)ccc1OCc1ccc([N+](=O)[O-])cc1. The number of nitrogens with zero attached hydrogens (tertiary/aromatic N) is 4. The van der Waals surface area contributed by atoms with Crippen LogP contribution in [0.1, 0.15) is 11.1 Å². The number of benzene rings is 4. The van der Waals surface area contributed by atoms with Crippen LogP contribution in [0.4, 0.5) is 5.69 Å². The Hall–Kier alpha value is -5.28. The molecule has 0 saturated carbocycles. The van der Waals surface area contributed by atoms with Crippen LogP contribution >= 0.6 is 11.6 Å². The molecular weight excluding hydrogens is 532 g/mol. The number of ether oxygens (including phenoxy) is 1. The normalized spacial score (nSPS) is 11.4. The van der Waals surface area contributed by atoms with Crippen LogP contribution in [-0.2, 0) is 6.61 Å². The van der Waals surface area contributed by atoms with E-state index in [1.165, 1.54) is 23.0 Å². The lowest BCUT2D eigenvalue weighted by atomic mass is 10.2. The number of hydrogen-bond acceptors (Lipinski definition) is 7. The van der Waals surface area contributed by atoms with Gasteiger partial charge in [0.15, 0.2) is 5.76 Å². The fourth-order valence-corrected chi connectivity index (χ4v) is 4.41. The first-order valence-electron chi connectivity index (χ1n) is 12.2. The van der Waals surface area contributed by atoms with E-state index in [9.17, 15) is 14.9 Å². The van der Waals surface area contributed by atoms with Crippen molar-refractivity contribution < 1.29 is 14.1 Å². The van der Waals surface area contributed by atoms with E-state index in [0.29, 0.717) is 38.6 Å². The second-order valence-electron chi connectivity index (χ2n) is 8.86. The molecule has 0 saturated heterocycles. The van der Waals surface area contributed by atoms with Gasteiger partial charge in [-0.3, -0.25) is 14.9 Å². The number of non-ortho nitro benzene ring substituents is 1. The van der Waals surface area contributed by atoms with E-state index in [2.05, 4.69) is 5.10 Å². The Labute approximate surface area is 231 Å². The van der Waals surface area contributed by atoms with E-state index in [1.807, 2.05) is 36.4 Å². The molecule has 9 nitrogen and oxygen atoms in total. The Bertz CT molecular complexity index is 1950. The zero-order valence-corrected chi connectivity index (χ0v) is 21.5. The van der Waals surface area contributed by atoms with E-state index < -0.39 is 4.92 Å². The van der Waals surface area contributed by atoms with Crippen molar-refractivity contribution in [2.45, 2.75) is 6.61 Å². The number of para-hydroxylation sites is 2. The molecule has 0 N–H and O–H groups in total. The zero-order chi connectivity index (χ0) is 27.6. The maximum Gasteiger partial charge on any atom is 0.282 e. The van der Waals surface area contributed by atoms with Gasteiger partial charge in [0.2, 0.25) is 5.82 Å². The summed E-state index contributed by atoms with van der Waals surface area (Å²) in [5, 5.41) is 17.1. The Balaban J connectivity index is 1.39. The third kappa shape index (κ3) is 4.93. The van der Waals surface area contributed by atoms with Crippen molar-refractivity contribution in [3.63, 3.8) is 0 Å². The second kappa shape index (κ2) is 10.5. The fourth-order valence-electron chi connectivity index (χ4n) is 4.23. The number of aromatic nitrogens is 2. The van der Waals surface area contributed by atoms with E-state index in [4.69, 9.17) is 25.7 Å². The number of furan rings is 1. The highest BCUT2D eigenvalue weighted by Crippen LogP contribution is 2.28. The summed E-state index contributed by atoms with van der Waals surface area (Å²) in [6.45, 7) is 0.155. The minimum absolute atomic E-state index is 0.00207. The molecule has 6 aromatic rings. The lowest BCUT2D eigenvalue weighted by Crippen LogP contribution is -2.20. The van der Waals surface area contributed by atoms with Gasteiger partial charge in [-0.1, -0.05) is 41.9 Å². The molecule has 0 radical (unpaired) electrons. The van der Waals surface area contributed by atoms with Crippen LogP contribution in [0, 0.1) is 10.1 Å². The Morgan fingerprint density at radius 2 is 1.77 bits per heavy atom. The van der Waals surface area contributed by atoms with Crippen molar-refractivity contribution in [1.29, 1.82) is 0 Å². The molecule has 0 fully saturated rings. The summed E-state index contributed by atoms with van der Waals surface area (Å²) < 4.78 is 13.2. The molecule has 0 amide bonds. The molecule has 0 unspecified atom stereocenters. The predicted molar refractivity (Wildman–Crippen MR) is 153 cm³/mol. The quantitative estimate of drug-likeness (QED) is 0.122. The lowest BCUT2D eigenvalue weighted by Gasteiger charge is -2.10. The monoisotopic (exact) mass is 550 g/mol. The van der Waals surface area contributed by atoms with E-state index in [-0.39, 0.29) is 23.7 Å². The second-order valence-corrected chi connectivity index (χ2v) is 9.29. The van der Waals surface area contributed by atoms with Gasteiger partial charge in [-0.05, 0) is 60.2 Å². The molecule has 0 aliphatic heterocycles. The van der Waals surface area contributed by atoms with Gasteiger partial charge in [0.05, 0.1) is 22.0 Å². The summed E-state index contributed by atoms with van der Waals surface area (Å²) in [5.74, 6) is 1.09. The number of nitro groups is 1. The number of rotatable bonds is 7. The molecule has 0 aliphatic carbocycles. The van der Waals surface area contributed by atoms with E-state index >= 15 is 0 Å². The highest BCUT2D eigenvalue weighted by molar-refractivity contribution is 6.30. The third-order valence-electron chi connectivity index (χ3n) is 6.23. The molecule has 196 valence electrons. The van der Waals surface area contributed by atoms with Crippen molar-refractivity contribution in [1.82, 2.24) is 9.66 Å². The van der Waals surface area contributed by atoms with Crippen LogP contribution in [0.5, 0.6) is 5.75 Å². The summed E-state index contributed by atoms with van der Waals surface area (Å²) in [6.07, 6.45) is 1.47. The van der Waals surface area contributed by atoms with Gasteiger partial charge in [-0.25, -0.2) is 4.98 Å². The Morgan fingerprint density at radius 3 is 2.58 bits per heavy atom. The average Bonchev–Trinajstić information content (AvgIpc) is 3.41. The minimum atomic E-state index is -0.457. The molecule has 0 spiro atoms. The van der Waals surface area contributed by atoms with Crippen LogP contribution in [-0.4, -0.2) is 20.8 Å². The van der Waals surface area contributed by atoms with Gasteiger partial charge < -0.3 is 9.15 Å². The topological polar surface area (TPSA) is 113 Å². The number of nitro benzene ring substituents is 1. The van der Waals surface area contributed by atoms with Gasteiger partial charge in [0.25, 0.3) is 11.2 Å².